The zero-order valence-corrected chi connectivity index (χ0v) is 22.1. The Balaban J connectivity index is 1.91. The molecule has 1 aromatic carbocycles. The highest BCUT2D eigenvalue weighted by Gasteiger charge is 2.33. The van der Waals surface area contributed by atoms with Gasteiger partial charge in [-0.15, -0.1) is 0 Å². The third kappa shape index (κ3) is 4.59. The standard InChI is InChI=1S/C28H34FN7O2/c1-16(30)25(35(4)31)19-14-22-20(13-21(19)29)24-23(12-18(15-34-24)28(2,3)37)36(22)26(17-6-10-38-11-7-17)27-32-8-5-9-33-27/h5,8-9,12-15,17,26,37H,6-7,10-11,30-31H2,1-4H3/b25-16-. The topological polar surface area (TPSA) is 128 Å². The summed E-state index contributed by atoms with van der Waals surface area (Å²) >= 11 is 0. The second-order valence-corrected chi connectivity index (χ2v) is 10.5. The second-order valence-electron chi connectivity index (χ2n) is 10.5. The van der Waals surface area contributed by atoms with Gasteiger partial charge in [-0.05, 0) is 63.8 Å². The van der Waals surface area contributed by atoms with Crippen LogP contribution >= 0.6 is 0 Å². The Kier molecular flexibility index (Phi) is 6.81. The molecular weight excluding hydrogens is 485 g/mol. The molecule has 1 saturated heterocycles. The Labute approximate surface area is 220 Å². The Morgan fingerprint density at radius 2 is 1.84 bits per heavy atom. The van der Waals surface area contributed by atoms with Gasteiger partial charge in [-0.2, -0.15) is 0 Å². The van der Waals surface area contributed by atoms with Gasteiger partial charge in [0.15, 0.2) is 5.82 Å². The Morgan fingerprint density at radius 3 is 2.45 bits per heavy atom. The highest BCUT2D eigenvalue weighted by atomic mass is 19.1. The van der Waals surface area contributed by atoms with E-state index in [1.165, 1.54) is 11.1 Å². The molecule has 38 heavy (non-hydrogen) atoms. The Morgan fingerprint density at radius 1 is 1.16 bits per heavy atom. The number of fused-ring (bicyclic) bond motifs is 3. The van der Waals surface area contributed by atoms with E-state index in [-0.39, 0.29) is 17.5 Å². The van der Waals surface area contributed by atoms with Crippen LogP contribution in [0.1, 0.15) is 56.6 Å². The average molecular weight is 520 g/mol. The molecule has 0 radical (unpaired) electrons. The van der Waals surface area contributed by atoms with E-state index in [0.717, 1.165) is 23.9 Å². The molecule has 9 nitrogen and oxygen atoms in total. The van der Waals surface area contributed by atoms with Gasteiger partial charge in [0.2, 0.25) is 0 Å². The number of hydrogen-bond acceptors (Lipinski definition) is 8. The first kappa shape index (κ1) is 26.0. The largest absolute Gasteiger partial charge is 0.401 e. The summed E-state index contributed by atoms with van der Waals surface area (Å²) in [6.07, 6.45) is 6.74. The number of ether oxygens (including phenoxy) is 1. The van der Waals surface area contributed by atoms with E-state index in [1.807, 2.05) is 6.07 Å². The Bertz CT molecular complexity index is 1500. The number of nitrogens with two attached hydrogens (primary N) is 2. The van der Waals surface area contributed by atoms with Crippen molar-refractivity contribution in [3.8, 4) is 0 Å². The van der Waals surface area contributed by atoms with Gasteiger partial charge in [0, 0.05) is 61.1 Å². The molecule has 0 saturated carbocycles. The van der Waals surface area contributed by atoms with Crippen molar-refractivity contribution in [3.63, 3.8) is 0 Å². The van der Waals surface area contributed by atoms with Gasteiger partial charge in [0.25, 0.3) is 0 Å². The minimum Gasteiger partial charge on any atom is -0.401 e. The molecule has 0 aliphatic carbocycles. The maximum absolute atomic E-state index is 15.7. The highest BCUT2D eigenvalue weighted by molar-refractivity contribution is 6.07. The van der Waals surface area contributed by atoms with Crippen molar-refractivity contribution in [2.75, 3.05) is 20.3 Å². The molecule has 10 heteroatoms. The van der Waals surface area contributed by atoms with Crippen molar-refractivity contribution in [1.29, 1.82) is 0 Å². The summed E-state index contributed by atoms with van der Waals surface area (Å²) < 4.78 is 23.5. The van der Waals surface area contributed by atoms with Crippen LogP contribution in [0.3, 0.4) is 0 Å². The van der Waals surface area contributed by atoms with Gasteiger partial charge >= 0.3 is 0 Å². The van der Waals surface area contributed by atoms with Crippen LogP contribution in [0.5, 0.6) is 0 Å². The number of nitrogens with zero attached hydrogens (tertiary/aromatic N) is 5. The smallest absolute Gasteiger partial charge is 0.151 e. The molecule has 1 fully saturated rings. The predicted molar refractivity (Wildman–Crippen MR) is 145 cm³/mol. The number of rotatable bonds is 6. The normalized spacial score (nSPS) is 16.6. The van der Waals surface area contributed by atoms with Crippen LogP contribution in [-0.2, 0) is 10.3 Å². The van der Waals surface area contributed by atoms with Crippen LogP contribution in [0.25, 0.3) is 27.6 Å². The summed E-state index contributed by atoms with van der Waals surface area (Å²) in [6, 6.07) is 6.70. The summed E-state index contributed by atoms with van der Waals surface area (Å²) in [4.78, 5) is 14.0. The summed E-state index contributed by atoms with van der Waals surface area (Å²) in [5, 5.41) is 12.8. The van der Waals surface area contributed by atoms with Crippen LogP contribution < -0.4 is 11.6 Å². The SMILES string of the molecule is C/C(N)=C(\c1cc2c(cc1F)c1ncc(C(C)(C)O)cc1n2C(c1ncccn1)C1CCOCC1)N(C)N. The van der Waals surface area contributed by atoms with E-state index >= 15 is 4.39 Å². The lowest BCUT2D eigenvalue weighted by Gasteiger charge is -2.32. The lowest BCUT2D eigenvalue weighted by Crippen LogP contribution is -2.28. The molecule has 0 bridgehead atoms. The molecule has 0 spiro atoms. The molecular formula is C28H34FN7O2. The minimum absolute atomic E-state index is 0.160. The van der Waals surface area contributed by atoms with Crippen LogP contribution in [0, 0.1) is 11.7 Å². The maximum atomic E-state index is 15.7. The first-order valence-electron chi connectivity index (χ1n) is 12.7. The quantitative estimate of drug-likeness (QED) is 0.259. The molecule has 1 aliphatic heterocycles. The number of hydrazine groups is 1. The Hall–Kier alpha value is -3.60. The van der Waals surface area contributed by atoms with E-state index in [0.29, 0.717) is 46.9 Å². The highest BCUT2D eigenvalue weighted by Crippen LogP contribution is 2.41. The van der Waals surface area contributed by atoms with E-state index in [4.69, 9.17) is 21.3 Å². The fourth-order valence-corrected chi connectivity index (χ4v) is 5.45. The van der Waals surface area contributed by atoms with E-state index in [1.54, 1.807) is 58.5 Å². The number of aromatic nitrogens is 4. The van der Waals surface area contributed by atoms with Gasteiger partial charge < -0.3 is 25.2 Å². The molecule has 1 unspecified atom stereocenters. The van der Waals surface area contributed by atoms with Crippen LogP contribution in [-0.4, -0.2) is 49.9 Å². The van der Waals surface area contributed by atoms with Gasteiger partial charge in [-0.3, -0.25) is 4.98 Å². The number of benzene rings is 1. The first-order valence-corrected chi connectivity index (χ1v) is 12.7. The van der Waals surface area contributed by atoms with E-state index in [9.17, 15) is 5.11 Å². The fourth-order valence-electron chi connectivity index (χ4n) is 5.45. The van der Waals surface area contributed by atoms with Gasteiger partial charge in [-0.25, -0.2) is 20.2 Å². The van der Waals surface area contributed by atoms with Crippen molar-refractivity contribution >= 4 is 27.6 Å². The molecule has 4 aromatic rings. The maximum Gasteiger partial charge on any atom is 0.151 e. The number of pyridine rings is 1. The number of aliphatic hydroxyl groups is 1. The molecule has 1 aliphatic rings. The molecule has 5 rings (SSSR count). The van der Waals surface area contributed by atoms with Crippen molar-refractivity contribution in [2.24, 2.45) is 17.5 Å². The van der Waals surface area contributed by atoms with Crippen LogP contribution in [0.4, 0.5) is 4.39 Å². The molecule has 5 N–H and O–H groups in total. The van der Waals surface area contributed by atoms with Crippen LogP contribution in [0.2, 0.25) is 0 Å². The van der Waals surface area contributed by atoms with Crippen LogP contribution in [0.15, 0.2) is 48.6 Å². The van der Waals surface area contributed by atoms with Crippen molar-refractivity contribution in [1.82, 2.24) is 24.5 Å². The van der Waals surface area contributed by atoms with Gasteiger partial charge in [0.05, 0.1) is 33.9 Å². The average Bonchev–Trinajstić information content (AvgIpc) is 3.17. The monoisotopic (exact) mass is 519 g/mol. The van der Waals surface area contributed by atoms with E-state index < -0.39 is 11.4 Å². The molecule has 4 heterocycles. The summed E-state index contributed by atoms with van der Waals surface area (Å²) in [6.45, 7) is 6.40. The van der Waals surface area contributed by atoms with Gasteiger partial charge in [0.1, 0.15) is 5.82 Å². The molecule has 3 aromatic heterocycles. The number of halogens is 1. The predicted octanol–water partition coefficient (Wildman–Crippen LogP) is 3.81. The summed E-state index contributed by atoms with van der Waals surface area (Å²) in [5.74, 6) is 6.43. The van der Waals surface area contributed by atoms with E-state index in [2.05, 4.69) is 14.5 Å². The lowest BCUT2D eigenvalue weighted by molar-refractivity contribution is 0.0542. The van der Waals surface area contributed by atoms with Gasteiger partial charge in [-0.1, -0.05) is 0 Å². The van der Waals surface area contributed by atoms with Crippen molar-refractivity contribution < 1.29 is 14.2 Å². The zero-order valence-electron chi connectivity index (χ0n) is 22.1. The zero-order chi connectivity index (χ0) is 27.2. The summed E-state index contributed by atoms with van der Waals surface area (Å²) in [7, 11) is 1.63. The summed E-state index contributed by atoms with van der Waals surface area (Å²) in [5.41, 5.74) is 8.88. The fraction of sp³-hybridized carbons (Fsp3) is 0.393. The molecule has 200 valence electrons. The number of hydrogen-bond donors (Lipinski definition) is 3. The van der Waals surface area contributed by atoms with Crippen molar-refractivity contribution in [2.45, 2.75) is 45.3 Å². The molecule has 1 atom stereocenters. The first-order chi connectivity index (χ1) is 18.1. The molecule has 0 amide bonds. The second kappa shape index (κ2) is 9.94. The lowest BCUT2D eigenvalue weighted by atomic mass is 9.90. The minimum atomic E-state index is -1.12. The van der Waals surface area contributed by atoms with Crippen molar-refractivity contribution in [3.05, 3.63) is 71.3 Å². The third-order valence-corrected chi connectivity index (χ3v) is 7.26. The third-order valence-electron chi connectivity index (χ3n) is 7.26. The number of allylic oxidation sites excluding steroid dienone is 1.